The SMILES string of the molecule is COc1cc(C=NC(C(C)C)C(C)C)c(C(C)C)cc1OC.COc1cc(OC)c(OC)cc1C=NC(C(C)C)C(C)C. The standard InChI is InChI=1S/C19H31NO2.C17H27NO3/c1-12(2)16-10-18(22-8)17(21-7)9-15(16)11-20-19(13(3)4)14(5)6;1-11(2)17(12(3)4)18-10-13-8-15(20-6)16(21-7)9-14(13)19-5/h9-14,19H,1-8H3;8-12,17H,1-7H3. The molecule has 0 atom stereocenters. The molecular formula is C36H58N2O5. The first-order chi connectivity index (χ1) is 20.2. The van der Waals surface area contributed by atoms with Gasteiger partial charge in [0.1, 0.15) is 5.75 Å². The second kappa shape index (κ2) is 18.4. The summed E-state index contributed by atoms with van der Waals surface area (Å²) >= 11 is 0. The van der Waals surface area contributed by atoms with Gasteiger partial charge in [-0.2, -0.15) is 0 Å². The molecule has 0 saturated heterocycles. The summed E-state index contributed by atoms with van der Waals surface area (Å²) in [4.78, 5) is 9.58. The van der Waals surface area contributed by atoms with E-state index in [1.807, 2.05) is 30.6 Å². The van der Waals surface area contributed by atoms with Gasteiger partial charge in [-0.15, -0.1) is 0 Å². The van der Waals surface area contributed by atoms with E-state index in [-0.39, 0.29) is 6.04 Å². The highest BCUT2D eigenvalue weighted by atomic mass is 16.5. The normalized spacial score (nSPS) is 12.0. The lowest BCUT2D eigenvalue weighted by molar-refractivity contribution is 0.348. The summed E-state index contributed by atoms with van der Waals surface area (Å²) in [6, 6.07) is 8.40. The molecule has 0 unspecified atom stereocenters. The van der Waals surface area contributed by atoms with Gasteiger partial charge in [0.15, 0.2) is 23.0 Å². The molecule has 0 radical (unpaired) electrons. The fourth-order valence-corrected chi connectivity index (χ4v) is 5.24. The second-order valence-electron chi connectivity index (χ2n) is 12.5. The number of hydrogen-bond acceptors (Lipinski definition) is 7. The Morgan fingerprint density at radius 3 is 1.12 bits per heavy atom. The van der Waals surface area contributed by atoms with Crippen LogP contribution >= 0.6 is 0 Å². The number of nitrogens with zero attached hydrogens (tertiary/aromatic N) is 2. The lowest BCUT2D eigenvalue weighted by atomic mass is 9.93. The zero-order chi connectivity index (χ0) is 32.9. The molecule has 0 aliphatic rings. The topological polar surface area (TPSA) is 70.9 Å². The van der Waals surface area contributed by atoms with Gasteiger partial charge in [0.05, 0.1) is 47.6 Å². The van der Waals surface area contributed by atoms with Crippen LogP contribution in [-0.2, 0) is 0 Å². The van der Waals surface area contributed by atoms with Crippen molar-refractivity contribution in [3.05, 3.63) is 41.0 Å². The van der Waals surface area contributed by atoms with Gasteiger partial charge >= 0.3 is 0 Å². The van der Waals surface area contributed by atoms with Crippen molar-refractivity contribution in [3.63, 3.8) is 0 Å². The Labute approximate surface area is 262 Å². The number of benzene rings is 2. The van der Waals surface area contributed by atoms with Crippen LogP contribution in [0, 0.1) is 23.7 Å². The number of ether oxygens (including phenoxy) is 5. The van der Waals surface area contributed by atoms with Crippen molar-refractivity contribution >= 4 is 12.4 Å². The van der Waals surface area contributed by atoms with Gasteiger partial charge in [0.2, 0.25) is 0 Å². The number of aliphatic imine (C=N–C) groups is 2. The first-order valence-corrected chi connectivity index (χ1v) is 15.4. The Morgan fingerprint density at radius 1 is 0.442 bits per heavy atom. The summed E-state index contributed by atoms with van der Waals surface area (Å²) < 4.78 is 26.9. The molecule has 7 heteroatoms. The quantitative estimate of drug-likeness (QED) is 0.203. The van der Waals surface area contributed by atoms with E-state index in [0.29, 0.717) is 47.1 Å². The van der Waals surface area contributed by atoms with Gasteiger partial charge in [-0.25, -0.2) is 0 Å². The Morgan fingerprint density at radius 2 is 0.767 bits per heavy atom. The Balaban J connectivity index is 0.000000430. The first-order valence-electron chi connectivity index (χ1n) is 15.4. The van der Waals surface area contributed by atoms with E-state index >= 15 is 0 Å². The molecule has 0 N–H and O–H groups in total. The minimum absolute atomic E-state index is 0.280. The number of hydrogen-bond donors (Lipinski definition) is 0. The molecule has 0 aromatic heterocycles. The smallest absolute Gasteiger partial charge is 0.164 e. The molecule has 0 heterocycles. The van der Waals surface area contributed by atoms with E-state index in [9.17, 15) is 0 Å². The van der Waals surface area contributed by atoms with Crippen LogP contribution in [0.25, 0.3) is 0 Å². The maximum absolute atomic E-state index is 5.43. The van der Waals surface area contributed by atoms with Crippen molar-refractivity contribution in [1.82, 2.24) is 0 Å². The summed E-state index contributed by atoms with van der Waals surface area (Å²) in [5.41, 5.74) is 3.23. The number of rotatable bonds is 14. The van der Waals surface area contributed by atoms with Gasteiger partial charge in [0.25, 0.3) is 0 Å². The molecule has 2 aromatic carbocycles. The van der Waals surface area contributed by atoms with Crippen LogP contribution < -0.4 is 23.7 Å². The van der Waals surface area contributed by atoms with E-state index < -0.39 is 0 Å². The molecule has 0 fully saturated rings. The lowest BCUT2D eigenvalue weighted by Gasteiger charge is -2.21. The Kier molecular flexibility index (Phi) is 16.2. The number of methoxy groups -OCH3 is 5. The molecule has 0 amide bonds. The van der Waals surface area contributed by atoms with Crippen molar-refractivity contribution in [1.29, 1.82) is 0 Å². The minimum Gasteiger partial charge on any atom is -0.496 e. The van der Waals surface area contributed by atoms with E-state index in [4.69, 9.17) is 33.7 Å². The van der Waals surface area contributed by atoms with Crippen LogP contribution in [0.4, 0.5) is 0 Å². The molecule has 2 aromatic rings. The molecule has 0 saturated carbocycles. The maximum atomic E-state index is 5.43. The predicted molar refractivity (Wildman–Crippen MR) is 182 cm³/mol. The summed E-state index contributed by atoms with van der Waals surface area (Å²) in [7, 11) is 8.21. The van der Waals surface area contributed by atoms with Crippen LogP contribution in [0.2, 0.25) is 0 Å². The molecule has 0 aliphatic carbocycles. The van der Waals surface area contributed by atoms with Crippen LogP contribution in [0.1, 0.15) is 91.8 Å². The highest BCUT2D eigenvalue weighted by Crippen LogP contribution is 2.35. The van der Waals surface area contributed by atoms with Crippen molar-refractivity contribution in [3.8, 4) is 28.7 Å². The third kappa shape index (κ3) is 11.1. The predicted octanol–water partition coefficient (Wildman–Crippen LogP) is 8.74. The van der Waals surface area contributed by atoms with Crippen LogP contribution in [0.5, 0.6) is 28.7 Å². The maximum Gasteiger partial charge on any atom is 0.164 e. The van der Waals surface area contributed by atoms with Gasteiger partial charge in [-0.05, 0) is 58.9 Å². The fraction of sp³-hybridized carbons (Fsp3) is 0.611. The zero-order valence-corrected chi connectivity index (χ0v) is 29.4. The average molecular weight is 599 g/mol. The highest BCUT2D eigenvalue weighted by Gasteiger charge is 2.18. The summed E-state index contributed by atoms with van der Waals surface area (Å²) in [5, 5.41) is 0. The molecule has 7 nitrogen and oxygen atoms in total. The van der Waals surface area contributed by atoms with Crippen molar-refractivity contribution < 1.29 is 23.7 Å². The molecule has 2 rings (SSSR count). The van der Waals surface area contributed by atoms with E-state index in [1.165, 1.54) is 5.56 Å². The summed E-state index contributed by atoms with van der Waals surface area (Å²) in [6.45, 7) is 22.0. The summed E-state index contributed by atoms with van der Waals surface area (Å²) in [5.74, 6) is 6.01. The fourth-order valence-electron chi connectivity index (χ4n) is 5.24. The van der Waals surface area contributed by atoms with Gasteiger partial charge in [-0.1, -0.05) is 69.2 Å². The molecule has 0 spiro atoms. The average Bonchev–Trinajstić information content (AvgIpc) is 2.95. The van der Waals surface area contributed by atoms with Crippen LogP contribution in [-0.4, -0.2) is 60.1 Å². The Hall–Kier alpha value is -3.22. The molecule has 0 bridgehead atoms. The van der Waals surface area contributed by atoms with Crippen LogP contribution in [0.15, 0.2) is 34.3 Å². The van der Waals surface area contributed by atoms with Gasteiger partial charge in [0, 0.05) is 24.1 Å². The zero-order valence-electron chi connectivity index (χ0n) is 29.4. The first kappa shape index (κ1) is 37.8. The van der Waals surface area contributed by atoms with Crippen molar-refractivity contribution in [2.45, 2.75) is 87.2 Å². The third-order valence-corrected chi connectivity index (χ3v) is 7.45. The van der Waals surface area contributed by atoms with E-state index in [2.05, 4.69) is 75.3 Å². The largest absolute Gasteiger partial charge is 0.496 e. The Bertz CT molecular complexity index is 1150. The second-order valence-corrected chi connectivity index (χ2v) is 12.5. The molecule has 43 heavy (non-hydrogen) atoms. The van der Waals surface area contributed by atoms with E-state index in [0.717, 1.165) is 28.4 Å². The van der Waals surface area contributed by atoms with Gasteiger partial charge in [-0.3, -0.25) is 9.98 Å². The minimum atomic E-state index is 0.280. The monoisotopic (exact) mass is 598 g/mol. The third-order valence-electron chi connectivity index (χ3n) is 7.45. The van der Waals surface area contributed by atoms with Crippen molar-refractivity contribution in [2.24, 2.45) is 33.7 Å². The lowest BCUT2D eigenvalue weighted by Crippen LogP contribution is -2.20. The summed E-state index contributed by atoms with van der Waals surface area (Å²) in [6.07, 6.45) is 3.87. The molecule has 0 aliphatic heterocycles. The van der Waals surface area contributed by atoms with Crippen molar-refractivity contribution in [2.75, 3.05) is 35.5 Å². The molecular weight excluding hydrogens is 540 g/mol. The highest BCUT2D eigenvalue weighted by molar-refractivity contribution is 5.85. The van der Waals surface area contributed by atoms with E-state index in [1.54, 1.807) is 35.5 Å². The van der Waals surface area contributed by atoms with Gasteiger partial charge < -0.3 is 23.7 Å². The van der Waals surface area contributed by atoms with Crippen LogP contribution in [0.3, 0.4) is 0 Å². The molecule has 242 valence electrons.